The van der Waals surface area contributed by atoms with Gasteiger partial charge < -0.3 is 4.84 Å². The lowest BCUT2D eigenvalue weighted by molar-refractivity contribution is -0.168. The fraction of sp³-hybridized carbons (Fsp3) is 0.917. The molecule has 0 N–H and O–H groups in total. The molecule has 4 heteroatoms. The van der Waals surface area contributed by atoms with Crippen LogP contribution in [0.3, 0.4) is 0 Å². The highest BCUT2D eigenvalue weighted by Gasteiger charge is 2.53. The Labute approximate surface area is 98.4 Å². The highest BCUT2D eigenvalue weighted by molar-refractivity contribution is 6.75. The maximum absolute atomic E-state index is 5.91. The van der Waals surface area contributed by atoms with Crippen molar-refractivity contribution < 1.29 is 4.84 Å². The molecule has 0 aromatic rings. The first-order valence-corrected chi connectivity index (χ1v) is 6.67. The summed E-state index contributed by atoms with van der Waals surface area (Å²) in [7, 11) is 2.13. The third-order valence-corrected chi connectivity index (χ3v) is 4.43. The van der Waals surface area contributed by atoms with Crippen molar-refractivity contribution in [2.24, 2.45) is 11.1 Å². The summed E-state index contributed by atoms with van der Waals surface area (Å²) in [6.45, 7) is 4.48. The molecule has 3 aliphatic rings. The van der Waals surface area contributed by atoms with Crippen molar-refractivity contribution in [3.63, 3.8) is 0 Å². The Balaban J connectivity index is 1.86. The van der Waals surface area contributed by atoms with Crippen LogP contribution in [-0.4, -0.2) is 36.6 Å². The van der Waals surface area contributed by atoms with Gasteiger partial charge in [-0.3, -0.25) is 4.90 Å². The highest BCUT2D eigenvalue weighted by atomic mass is 16.7. The molecule has 2 heterocycles. The summed E-state index contributed by atoms with van der Waals surface area (Å²) >= 11 is 0. The zero-order valence-corrected chi connectivity index (χ0v) is 10.1. The Morgan fingerprint density at radius 2 is 2.12 bits per heavy atom. The second kappa shape index (κ2) is 4.06. The van der Waals surface area contributed by atoms with Gasteiger partial charge in [0.05, 0.1) is 0 Å². The predicted molar refractivity (Wildman–Crippen MR) is 65.6 cm³/mol. The van der Waals surface area contributed by atoms with Gasteiger partial charge in [-0.1, -0.05) is 13.2 Å². The minimum atomic E-state index is -0.0589. The van der Waals surface area contributed by atoms with Crippen molar-refractivity contribution in [1.82, 2.24) is 4.90 Å². The number of fused-ring (bicyclic) bond motifs is 1. The zero-order chi connectivity index (χ0) is 11.0. The molecule has 3 rings (SSSR count). The number of hydrogen-bond acceptors (Lipinski definition) is 3. The smallest absolute Gasteiger partial charge is 0.198 e. The topological polar surface area (TPSA) is 24.8 Å². The largest absolute Gasteiger partial charge is 0.373 e. The van der Waals surface area contributed by atoms with Crippen LogP contribution in [0.25, 0.3) is 0 Å². The van der Waals surface area contributed by atoms with Crippen LogP contribution < -0.4 is 0 Å². The second-order valence-electron chi connectivity index (χ2n) is 5.23. The monoisotopic (exact) mass is 219 g/mol. The van der Waals surface area contributed by atoms with Crippen molar-refractivity contribution in [3.05, 3.63) is 0 Å². The Bertz CT molecular complexity index is 301. The van der Waals surface area contributed by atoms with Crippen molar-refractivity contribution in [2.75, 3.05) is 13.1 Å². The van der Waals surface area contributed by atoms with Crippen molar-refractivity contribution >= 4 is 12.9 Å². The molecule has 2 aliphatic heterocycles. The molecule has 1 saturated heterocycles. The molecule has 3 nitrogen and oxygen atoms in total. The number of rotatable bonds is 2. The summed E-state index contributed by atoms with van der Waals surface area (Å²) in [6, 6.07) is 0. The van der Waals surface area contributed by atoms with E-state index in [-0.39, 0.29) is 5.72 Å². The van der Waals surface area contributed by atoms with Gasteiger partial charge in [0.25, 0.3) is 0 Å². The van der Waals surface area contributed by atoms with E-state index in [0.717, 1.165) is 0 Å². The molecule has 1 saturated carbocycles. The van der Waals surface area contributed by atoms with E-state index in [1.54, 1.807) is 0 Å². The Hall–Kier alpha value is -0.505. The summed E-state index contributed by atoms with van der Waals surface area (Å²) in [5.41, 5.74) is 1.13. The number of hydrogen-bond donors (Lipinski definition) is 0. The third-order valence-electron chi connectivity index (χ3n) is 4.43. The van der Waals surface area contributed by atoms with Crippen LogP contribution in [-0.2, 0) is 4.84 Å². The molecule has 2 unspecified atom stereocenters. The molecule has 16 heavy (non-hydrogen) atoms. The lowest BCUT2D eigenvalue weighted by Crippen LogP contribution is -2.55. The van der Waals surface area contributed by atoms with Crippen LogP contribution in [0.4, 0.5) is 0 Å². The third kappa shape index (κ3) is 1.42. The SMILES string of the molecule is C[B]C1=NOC2(N3CCCC3)CCCCC12. The van der Waals surface area contributed by atoms with E-state index in [4.69, 9.17) is 4.84 Å². The van der Waals surface area contributed by atoms with E-state index in [1.807, 2.05) is 0 Å². The van der Waals surface area contributed by atoms with Crippen LogP contribution in [0.15, 0.2) is 5.16 Å². The zero-order valence-electron chi connectivity index (χ0n) is 10.1. The average molecular weight is 219 g/mol. The molecule has 87 valence electrons. The summed E-state index contributed by atoms with van der Waals surface area (Å²) in [6.07, 6.45) is 7.68. The Kier molecular flexibility index (Phi) is 2.70. The summed E-state index contributed by atoms with van der Waals surface area (Å²) in [5.74, 6) is 0.532. The molecule has 2 fully saturated rings. The molecular formula is C12H20BN2O. The fourth-order valence-corrected chi connectivity index (χ4v) is 3.60. The van der Waals surface area contributed by atoms with Crippen LogP contribution in [0.5, 0.6) is 0 Å². The maximum Gasteiger partial charge on any atom is 0.198 e. The van der Waals surface area contributed by atoms with Gasteiger partial charge in [0.2, 0.25) is 0 Å². The summed E-state index contributed by atoms with van der Waals surface area (Å²) in [5, 5.41) is 4.33. The van der Waals surface area contributed by atoms with E-state index >= 15 is 0 Å². The minimum Gasteiger partial charge on any atom is -0.373 e. The first kappa shape index (κ1) is 10.6. The summed E-state index contributed by atoms with van der Waals surface area (Å²) in [4.78, 5) is 8.47. The normalized spacial score (nSPS) is 39.1. The molecule has 1 radical (unpaired) electrons. The molecule has 1 aliphatic carbocycles. The quantitative estimate of drug-likeness (QED) is 0.664. The van der Waals surface area contributed by atoms with Gasteiger partial charge in [-0.15, -0.1) is 5.16 Å². The van der Waals surface area contributed by atoms with Crippen LogP contribution >= 0.6 is 0 Å². The number of likely N-dealkylation sites (tertiary alicyclic amines) is 1. The van der Waals surface area contributed by atoms with Gasteiger partial charge in [0.15, 0.2) is 13.0 Å². The van der Waals surface area contributed by atoms with E-state index in [9.17, 15) is 0 Å². The van der Waals surface area contributed by atoms with Crippen LogP contribution in [0.1, 0.15) is 38.5 Å². The van der Waals surface area contributed by atoms with Crippen molar-refractivity contribution in [3.8, 4) is 0 Å². The van der Waals surface area contributed by atoms with Crippen LogP contribution in [0.2, 0.25) is 6.82 Å². The van der Waals surface area contributed by atoms with Gasteiger partial charge in [-0.2, -0.15) is 0 Å². The summed E-state index contributed by atoms with van der Waals surface area (Å²) < 4.78 is 0. The molecule has 0 amide bonds. The van der Waals surface area contributed by atoms with Gasteiger partial charge >= 0.3 is 0 Å². The average Bonchev–Trinajstić information content (AvgIpc) is 2.97. The maximum atomic E-state index is 5.91. The molecule has 2 atom stereocenters. The highest BCUT2D eigenvalue weighted by Crippen LogP contribution is 2.45. The molecule has 0 aromatic carbocycles. The van der Waals surface area contributed by atoms with E-state index in [2.05, 4.69) is 24.2 Å². The van der Waals surface area contributed by atoms with Gasteiger partial charge in [0.1, 0.15) is 0 Å². The second-order valence-corrected chi connectivity index (χ2v) is 5.23. The standard InChI is InChI=1S/C12H20BN2O/c1-13-11-10-6-2-3-7-12(10,16-14-11)15-8-4-5-9-15/h10H,2-9H2,1H3. The lowest BCUT2D eigenvalue weighted by Gasteiger charge is -2.43. The molecule has 0 bridgehead atoms. The Morgan fingerprint density at radius 1 is 1.31 bits per heavy atom. The number of oxime groups is 1. The fourth-order valence-electron chi connectivity index (χ4n) is 3.60. The van der Waals surface area contributed by atoms with Gasteiger partial charge in [0, 0.05) is 31.0 Å². The van der Waals surface area contributed by atoms with E-state index in [0.29, 0.717) is 5.92 Å². The minimum absolute atomic E-state index is 0.0589. The first-order valence-electron chi connectivity index (χ1n) is 6.67. The van der Waals surface area contributed by atoms with Crippen molar-refractivity contribution in [1.29, 1.82) is 0 Å². The van der Waals surface area contributed by atoms with Crippen LogP contribution in [0, 0.1) is 5.92 Å². The first-order chi connectivity index (χ1) is 7.87. The molecule has 0 aromatic heterocycles. The van der Waals surface area contributed by atoms with E-state index in [1.165, 1.54) is 57.2 Å². The number of nitrogens with zero attached hydrogens (tertiary/aromatic N) is 2. The van der Waals surface area contributed by atoms with Gasteiger partial charge in [-0.05, 0) is 25.7 Å². The van der Waals surface area contributed by atoms with E-state index < -0.39 is 0 Å². The molecular weight excluding hydrogens is 199 g/mol. The van der Waals surface area contributed by atoms with Gasteiger partial charge in [-0.25, -0.2) is 0 Å². The lowest BCUT2D eigenvalue weighted by atomic mass is 9.63. The predicted octanol–water partition coefficient (Wildman–Crippen LogP) is 2.06. The Morgan fingerprint density at radius 3 is 2.88 bits per heavy atom. The molecule has 0 spiro atoms. The van der Waals surface area contributed by atoms with Crippen molar-refractivity contribution in [2.45, 2.75) is 51.1 Å².